The quantitative estimate of drug-likeness (QED) is 0.631. The van der Waals surface area contributed by atoms with E-state index in [2.05, 4.69) is 0 Å². The van der Waals surface area contributed by atoms with Gasteiger partial charge in [0.1, 0.15) is 11.9 Å². The number of ether oxygens (including phenoxy) is 1. The third-order valence-corrected chi connectivity index (χ3v) is 7.32. The van der Waals surface area contributed by atoms with E-state index in [-0.39, 0.29) is 29.6 Å². The van der Waals surface area contributed by atoms with Crippen LogP contribution in [0.25, 0.3) is 11.1 Å². The minimum atomic E-state index is -3.57. The molecule has 30 heavy (non-hydrogen) atoms. The number of nitrogens with zero attached hydrogens (tertiary/aromatic N) is 2. The van der Waals surface area contributed by atoms with Gasteiger partial charge in [-0.3, -0.25) is 4.79 Å². The van der Waals surface area contributed by atoms with Gasteiger partial charge in [-0.05, 0) is 43.2 Å². The number of hydrogen-bond donors (Lipinski definition) is 0. The zero-order valence-corrected chi connectivity index (χ0v) is 18.0. The van der Waals surface area contributed by atoms with Gasteiger partial charge in [0.05, 0.1) is 18.0 Å². The molecule has 1 fully saturated rings. The normalized spacial score (nSPS) is 15.0. The number of benzene rings is 2. The van der Waals surface area contributed by atoms with Crippen LogP contribution in [-0.4, -0.2) is 36.5 Å². The molecule has 0 spiro atoms. The molecule has 0 aliphatic carbocycles. The van der Waals surface area contributed by atoms with Crippen LogP contribution in [0, 0.1) is 13.8 Å². The molecule has 156 valence electrons. The Kier molecular flexibility index (Phi) is 5.26. The van der Waals surface area contributed by atoms with Crippen molar-refractivity contribution in [1.82, 2.24) is 8.87 Å². The third kappa shape index (κ3) is 3.91. The van der Waals surface area contributed by atoms with Gasteiger partial charge in [0, 0.05) is 18.8 Å². The summed E-state index contributed by atoms with van der Waals surface area (Å²) in [5.74, 6) is 0.472. The highest BCUT2D eigenvalue weighted by Crippen LogP contribution is 2.27. The maximum absolute atomic E-state index is 12.9. The second kappa shape index (κ2) is 7.74. The Morgan fingerprint density at radius 2 is 1.47 bits per heavy atom. The van der Waals surface area contributed by atoms with Crippen molar-refractivity contribution in [3.63, 3.8) is 0 Å². The molecule has 1 aliphatic rings. The molecule has 0 amide bonds. The second-order valence-electron chi connectivity index (χ2n) is 7.68. The molecule has 2 aromatic carbocycles. The summed E-state index contributed by atoms with van der Waals surface area (Å²) >= 11 is 0. The van der Waals surface area contributed by atoms with Gasteiger partial charge in [-0.2, -0.15) is 4.31 Å². The molecule has 6 nitrogen and oxygen atoms in total. The van der Waals surface area contributed by atoms with E-state index in [9.17, 15) is 13.2 Å². The summed E-state index contributed by atoms with van der Waals surface area (Å²) in [5.41, 5.74) is 3.84. The van der Waals surface area contributed by atoms with Crippen LogP contribution in [0.2, 0.25) is 0 Å². The fourth-order valence-electron chi connectivity index (χ4n) is 3.38. The number of hydrogen-bond acceptors (Lipinski definition) is 4. The number of aryl methyl sites for hydroxylation is 2. The van der Waals surface area contributed by atoms with E-state index in [1.807, 2.05) is 50.2 Å². The van der Waals surface area contributed by atoms with Gasteiger partial charge in [-0.1, -0.05) is 42.0 Å². The first-order valence-electron chi connectivity index (χ1n) is 9.75. The number of pyridine rings is 1. The summed E-state index contributed by atoms with van der Waals surface area (Å²) in [6, 6.07) is 18.3. The van der Waals surface area contributed by atoms with Crippen LogP contribution in [0.5, 0.6) is 5.75 Å². The molecule has 0 bridgehead atoms. The summed E-state index contributed by atoms with van der Waals surface area (Å²) < 4.78 is 34.5. The first kappa shape index (κ1) is 20.4. The van der Waals surface area contributed by atoms with Crippen molar-refractivity contribution >= 4 is 10.0 Å². The molecule has 0 unspecified atom stereocenters. The summed E-state index contributed by atoms with van der Waals surface area (Å²) in [4.78, 5) is 12.1. The highest BCUT2D eigenvalue weighted by molar-refractivity contribution is 7.89. The Bertz CT molecular complexity index is 1220. The van der Waals surface area contributed by atoms with E-state index in [1.54, 1.807) is 25.2 Å². The van der Waals surface area contributed by atoms with Crippen molar-refractivity contribution in [3.05, 3.63) is 82.3 Å². The molecule has 0 radical (unpaired) electrons. The zero-order chi connectivity index (χ0) is 21.5. The molecule has 0 N–H and O–H groups in total. The van der Waals surface area contributed by atoms with E-state index >= 15 is 0 Å². The van der Waals surface area contributed by atoms with Crippen molar-refractivity contribution < 1.29 is 13.2 Å². The van der Waals surface area contributed by atoms with Crippen LogP contribution in [-0.2, 0) is 17.1 Å². The van der Waals surface area contributed by atoms with Crippen molar-refractivity contribution in [3.8, 4) is 16.9 Å². The molecule has 1 saturated heterocycles. The lowest BCUT2D eigenvalue weighted by Gasteiger charge is -2.37. The van der Waals surface area contributed by atoms with Gasteiger partial charge in [0.15, 0.2) is 0 Å². The monoisotopic (exact) mass is 424 g/mol. The van der Waals surface area contributed by atoms with E-state index in [0.29, 0.717) is 5.75 Å². The van der Waals surface area contributed by atoms with Crippen LogP contribution in [0.3, 0.4) is 0 Å². The Balaban J connectivity index is 1.43. The third-order valence-electron chi connectivity index (χ3n) is 5.47. The Morgan fingerprint density at radius 3 is 2.03 bits per heavy atom. The minimum absolute atomic E-state index is 0.150. The topological polar surface area (TPSA) is 68.6 Å². The van der Waals surface area contributed by atoms with Gasteiger partial charge < -0.3 is 9.30 Å². The maximum atomic E-state index is 12.9. The maximum Gasteiger partial charge on any atom is 0.254 e. The predicted molar refractivity (Wildman–Crippen MR) is 116 cm³/mol. The number of rotatable bonds is 5. The van der Waals surface area contributed by atoms with Crippen LogP contribution in [0.4, 0.5) is 0 Å². The van der Waals surface area contributed by atoms with Crippen molar-refractivity contribution in [1.29, 1.82) is 0 Å². The van der Waals surface area contributed by atoms with Gasteiger partial charge in [-0.15, -0.1) is 0 Å². The molecular formula is C23H24N2O4S. The summed E-state index contributed by atoms with van der Waals surface area (Å²) in [6.45, 7) is 4.38. The Labute approximate surface area is 176 Å². The van der Waals surface area contributed by atoms with Crippen molar-refractivity contribution in [2.75, 3.05) is 13.1 Å². The summed E-state index contributed by atoms with van der Waals surface area (Å²) in [5, 5.41) is 0. The average molecular weight is 425 g/mol. The molecule has 3 aromatic rings. The smallest absolute Gasteiger partial charge is 0.254 e. The zero-order valence-electron chi connectivity index (χ0n) is 17.2. The van der Waals surface area contributed by atoms with Gasteiger partial charge in [0.2, 0.25) is 10.0 Å². The first-order valence-corrected chi connectivity index (χ1v) is 11.2. The van der Waals surface area contributed by atoms with E-state index in [1.165, 1.54) is 20.5 Å². The molecule has 1 aromatic heterocycles. The van der Waals surface area contributed by atoms with E-state index in [0.717, 1.165) is 16.8 Å². The van der Waals surface area contributed by atoms with E-state index < -0.39 is 10.0 Å². The summed E-state index contributed by atoms with van der Waals surface area (Å²) in [7, 11) is -1.87. The summed E-state index contributed by atoms with van der Waals surface area (Å²) in [6.07, 6.45) is -0.266. The molecule has 0 atom stereocenters. The van der Waals surface area contributed by atoms with Crippen LogP contribution in [0.15, 0.2) is 70.4 Å². The number of aromatic nitrogens is 1. The standard InChI is InChI=1S/C23H24N2O4S/c1-16-4-6-18(7-5-16)19-8-10-22(11-9-19)30(27,28)25-14-21(15-25)29-20-12-17(2)24(3)23(26)13-20/h4-13,21H,14-15H2,1-3H3. The van der Waals surface area contributed by atoms with Gasteiger partial charge >= 0.3 is 0 Å². The lowest BCUT2D eigenvalue weighted by molar-refractivity contribution is 0.0759. The number of sulfonamides is 1. The molecule has 2 heterocycles. The Morgan fingerprint density at radius 1 is 0.900 bits per heavy atom. The molecule has 1 aliphatic heterocycles. The molecule has 7 heteroatoms. The fraction of sp³-hybridized carbons (Fsp3) is 0.261. The molecule has 0 saturated carbocycles. The van der Waals surface area contributed by atoms with Crippen LogP contribution in [0.1, 0.15) is 11.3 Å². The highest BCUT2D eigenvalue weighted by atomic mass is 32.2. The first-order chi connectivity index (χ1) is 14.2. The van der Waals surface area contributed by atoms with Crippen molar-refractivity contribution in [2.24, 2.45) is 7.05 Å². The van der Waals surface area contributed by atoms with E-state index in [4.69, 9.17) is 4.74 Å². The predicted octanol–water partition coefficient (Wildman–Crippen LogP) is 3.12. The largest absolute Gasteiger partial charge is 0.487 e. The SMILES string of the molecule is Cc1ccc(-c2ccc(S(=O)(=O)N3CC(Oc4cc(C)n(C)c(=O)c4)C3)cc2)cc1. The average Bonchev–Trinajstić information content (AvgIpc) is 2.69. The van der Waals surface area contributed by atoms with Gasteiger partial charge in [-0.25, -0.2) is 8.42 Å². The minimum Gasteiger partial charge on any atom is -0.487 e. The van der Waals surface area contributed by atoms with Crippen LogP contribution >= 0.6 is 0 Å². The lowest BCUT2D eigenvalue weighted by Crippen LogP contribution is -2.56. The van der Waals surface area contributed by atoms with Crippen molar-refractivity contribution in [2.45, 2.75) is 24.8 Å². The molecular weight excluding hydrogens is 400 g/mol. The highest BCUT2D eigenvalue weighted by Gasteiger charge is 2.38. The fourth-order valence-corrected chi connectivity index (χ4v) is 4.89. The molecule has 4 rings (SSSR count). The Hall–Kier alpha value is -2.90. The lowest BCUT2D eigenvalue weighted by atomic mass is 10.0. The second-order valence-corrected chi connectivity index (χ2v) is 9.62. The van der Waals surface area contributed by atoms with Gasteiger partial charge in [0.25, 0.3) is 5.56 Å². The van der Waals surface area contributed by atoms with Crippen LogP contribution < -0.4 is 10.3 Å².